The van der Waals surface area contributed by atoms with E-state index in [2.05, 4.69) is 10.4 Å². The molecule has 0 aliphatic rings. The number of hydrogen-bond acceptors (Lipinski definition) is 2. The maximum absolute atomic E-state index is 12.2. The topological polar surface area (TPSA) is 46.9 Å². The molecule has 1 amide bonds. The number of nitrogens with zero attached hydrogens (tertiary/aromatic N) is 2. The lowest BCUT2D eigenvalue weighted by atomic mass is 10.1. The SMILES string of the molecule is O=C(NCc1ccc(Cl)cc1)c1ccc(Cn2cccn2)cc1. The molecule has 0 saturated heterocycles. The van der Waals surface area contributed by atoms with Crippen LogP contribution in [0.25, 0.3) is 0 Å². The largest absolute Gasteiger partial charge is 0.348 e. The summed E-state index contributed by atoms with van der Waals surface area (Å²) in [7, 11) is 0. The third kappa shape index (κ3) is 4.20. The lowest BCUT2D eigenvalue weighted by molar-refractivity contribution is 0.0951. The third-order valence-corrected chi connectivity index (χ3v) is 3.74. The number of hydrogen-bond donors (Lipinski definition) is 1. The molecule has 0 saturated carbocycles. The molecular formula is C18H16ClN3O. The van der Waals surface area contributed by atoms with E-state index in [1.54, 1.807) is 6.20 Å². The van der Waals surface area contributed by atoms with Gasteiger partial charge >= 0.3 is 0 Å². The van der Waals surface area contributed by atoms with Gasteiger partial charge in [0.15, 0.2) is 0 Å². The van der Waals surface area contributed by atoms with Crippen LogP contribution in [0, 0.1) is 0 Å². The molecule has 0 atom stereocenters. The molecule has 0 bridgehead atoms. The summed E-state index contributed by atoms with van der Waals surface area (Å²) in [6.45, 7) is 1.17. The van der Waals surface area contributed by atoms with Gasteiger partial charge in [0.1, 0.15) is 0 Å². The average Bonchev–Trinajstić information content (AvgIpc) is 3.08. The van der Waals surface area contributed by atoms with Gasteiger partial charge in [0.2, 0.25) is 0 Å². The third-order valence-electron chi connectivity index (χ3n) is 3.49. The molecule has 1 aromatic heterocycles. The van der Waals surface area contributed by atoms with Crippen LogP contribution >= 0.6 is 11.6 Å². The molecule has 0 radical (unpaired) electrons. The summed E-state index contributed by atoms with van der Waals surface area (Å²) in [5.74, 6) is -0.0920. The van der Waals surface area contributed by atoms with Crippen LogP contribution in [-0.4, -0.2) is 15.7 Å². The number of carbonyl (C=O) groups is 1. The highest BCUT2D eigenvalue weighted by Gasteiger charge is 2.05. The molecule has 4 nitrogen and oxygen atoms in total. The van der Waals surface area contributed by atoms with Crippen LogP contribution < -0.4 is 5.32 Å². The second-order valence-corrected chi connectivity index (χ2v) is 5.65. The molecule has 5 heteroatoms. The molecule has 0 spiro atoms. The average molecular weight is 326 g/mol. The fourth-order valence-corrected chi connectivity index (χ4v) is 2.36. The van der Waals surface area contributed by atoms with Crippen molar-refractivity contribution in [2.45, 2.75) is 13.1 Å². The number of halogens is 1. The van der Waals surface area contributed by atoms with E-state index >= 15 is 0 Å². The minimum atomic E-state index is -0.0920. The molecule has 0 aliphatic heterocycles. The minimum Gasteiger partial charge on any atom is -0.348 e. The first kappa shape index (κ1) is 15.3. The summed E-state index contributed by atoms with van der Waals surface area (Å²) < 4.78 is 1.84. The van der Waals surface area contributed by atoms with Crippen LogP contribution in [0.1, 0.15) is 21.5 Å². The van der Waals surface area contributed by atoms with E-state index in [1.807, 2.05) is 65.5 Å². The summed E-state index contributed by atoms with van der Waals surface area (Å²) in [5.41, 5.74) is 2.75. The van der Waals surface area contributed by atoms with Gasteiger partial charge in [-0.05, 0) is 41.5 Å². The Morgan fingerprint density at radius 3 is 2.39 bits per heavy atom. The number of rotatable bonds is 5. The van der Waals surface area contributed by atoms with Gasteiger partial charge in [-0.1, -0.05) is 35.9 Å². The Morgan fingerprint density at radius 1 is 1.04 bits per heavy atom. The van der Waals surface area contributed by atoms with E-state index in [9.17, 15) is 4.79 Å². The monoisotopic (exact) mass is 325 g/mol. The zero-order valence-corrected chi connectivity index (χ0v) is 13.2. The van der Waals surface area contributed by atoms with Crippen molar-refractivity contribution in [3.63, 3.8) is 0 Å². The van der Waals surface area contributed by atoms with E-state index in [0.717, 1.165) is 11.1 Å². The van der Waals surface area contributed by atoms with Crippen LogP contribution in [0.4, 0.5) is 0 Å². The molecule has 3 rings (SSSR count). The summed E-state index contributed by atoms with van der Waals surface area (Å²) in [6, 6.07) is 16.9. The molecule has 1 N–H and O–H groups in total. The van der Waals surface area contributed by atoms with Gasteiger partial charge in [-0.2, -0.15) is 5.10 Å². The van der Waals surface area contributed by atoms with Gasteiger partial charge < -0.3 is 5.32 Å². The highest BCUT2D eigenvalue weighted by molar-refractivity contribution is 6.30. The highest BCUT2D eigenvalue weighted by Crippen LogP contribution is 2.10. The van der Waals surface area contributed by atoms with Crippen molar-refractivity contribution >= 4 is 17.5 Å². The number of benzene rings is 2. The van der Waals surface area contributed by atoms with Crippen molar-refractivity contribution in [1.82, 2.24) is 15.1 Å². The maximum atomic E-state index is 12.2. The van der Waals surface area contributed by atoms with Crippen molar-refractivity contribution in [3.05, 3.63) is 88.7 Å². The van der Waals surface area contributed by atoms with Crippen LogP contribution in [0.5, 0.6) is 0 Å². The molecule has 23 heavy (non-hydrogen) atoms. The summed E-state index contributed by atoms with van der Waals surface area (Å²) in [4.78, 5) is 12.2. The van der Waals surface area contributed by atoms with Gasteiger partial charge in [0.05, 0.1) is 6.54 Å². The summed E-state index contributed by atoms with van der Waals surface area (Å²) in [5, 5.41) is 7.75. The Balaban J connectivity index is 1.58. The number of aromatic nitrogens is 2. The lowest BCUT2D eigenvalue weighted by Gasteiger charge is -2.07. The van der Waals surface area contributed by atoms with Crippen molar-refractivity contribution in [2.24, 2.45) is 0 Å². The van der Waals surface area contributed by atoms with E-state index in [0.29, 0.717) is 23.7 Å². The van der Waals surface area contributed by atoms with Crippen molar-refractivity contribution in [1.29, 1.82) is 0 Å². The molecule has 0 unspecified atom stereocenters. The van der Waals surface area contributed by atoms with E-state index in [4.69, 9.17) is 11.6 Å². The van der Waals surface area contributed by atoms with E-state index in [1.165, 1.54) is 0 Å². The van der Waals surface area contributed by atoms with Gasteiger partial charge in [-0.3, -0.25) is 9.48 Å². The first-order chi connectivity index (χ1) is 11.2. The first-order valence-electron chi connectivity index (χ1n) is 7.30. The van der Waals surface area contributed by atoms with Crippen LogP contribution in [0.3, 0.4) is 0 Å². The van der Waals surface area contributed by atoms with Crippen LogP contribution in [0.15, 0.2) is 67.0 Å². The Morgan fingerprint density at radius 2 is 1.74 bits per heavy atom. The predicted molar refractivity (Wildman–Crippen MR) is 90.4 cm³/mol. The molecule has 3 aromatic rings. The molecule has 0 aliphatic carbocycles. The highest BCUT2D eigenvalue weighted by atomic mass is 35.5. The van der Waals surface area contributed by atoms with E-state index in [-0.39, 0.29) is 5.91 Å². The minimum absolute atomic E-state index is 0.0920. The molecular weight excluding hydrogens is 310 g/mol. The second kappa shape index (κ2) is 7.11. The molecule has 1 heterocycles. The van der Waals surface area contributed by atoms with Crippen molar-refractivity contribution < 1.29 is 4.79 Å². The Kier molecular flexibility index (Phi) is 4.74. The maximum Gasteiger partial charge on any atom is 0.251 e. The predicted octanol–water partition coefficient (Wildman–Crippen LogP) is 3.51. The zero-order chi connectivity index (χ0) is 16.1. The standard InChI is InChI=1S/C18H16ClN3O/c19-17-8-4-14(5-9-17)12-20-18(23)16-6-2-15(3-7-16)13-22-11-1-10-21-22/h1-11H,12-13H2,(H,20,23). The smallest absolute Gasteiger partial charge is 0.251 e. The second-order valence-electron chi connectivity index (χ2n) is 5.21. The molecule has 116 valence electrons. The number of nitrogens with one attached hydrogen (secondary N) is 1. The fourth-order valence-electron chi connectivity index (χ4n) is 2.23. The van der Waals surface area contributed by atoms with Crippen molar-refractivity contribution in [3.8, 4) is 0 Å². The van der Waals surface area contributed by atoms with Gasteiger partial charge in [-0.15, -0.1) is 0 Å². The molecule has 2 aromatic carbocycles. The van der Waals surface area contributed by atoms with Gasteiger partial charge in [0, 0.05) is 29.5 Å². The van der Waals surface area contributed by atoms with Crippen LogP contribution in [0.2, 0.25) is 5.02 Å². The van der Waals surface area contributed by atoms with E-state index < -0.39 is 0 Å². The Bertz CT molecular complexity index is 765. The van der Waals surface area contributed by atoms with Gasteiger partial charge in [-0.25, -0.2) is 0 Å². The summed E-state index contributed by atoms with van der Waals surface area (Å²) >= 11 is 5.84. The summed E-state index contributed by atoms with van der Waals surface area (Å²) in [6.07, 6.45) is 3.66. The first-order valence-corrected chi connectivity index (χ1v) is 7.67. The fraction of sp³-hybridized carbons (Fsp3) is 0.111. The zero-order valence-electron chi connectivity index (χ0n) is 12.4. The lowest BCUT2D eigenvalue weighted by Crippen LogP contribution is -2.22. The molecule has 0 fully saturated rings. The normalized spacial score (nSPS) is 10.5. The Hall–Kier alpha value is -2.59. The van der Waals surface area contributed by atoms with Crippen molar-refractivity contribution in [2.75, 3.05) is 0 Å². The van der Waals surface area contributed by atoms with Crippen LogP contribution in [-0.2, 0) is 13.1 Å². The van der Waals surface area contributed by atoms with Gasteiger partial charge in [0.25, 0.3) is 5.91 Å². The Labute approximate surface area is 139 Å². The number of carbonyl (C=O) groups excluding carboxylic acids is 1. The quantitative estimate of drug-likeness (QED) is 0.780. The number of amides is 1.